The third-order valence-corrected chi connectivity index (χ3v) is 2.87. The van der Waals surface area contributed by atoms with E-state index in [0.29, 0.717) is 0 Å². The lowest BCUT2D eigenvalue weighted by Crippen LogP contribution is -2.14. The molecule has 1 heterocycles. The van der Waals surface area contributed by atoms with E-state index >= 15 is 0 Å². The molecule has 0 aliphatic rings. The van der Waals surface area contributed by atoms with E-state index in [4.69, 9.17) is 5.73 Å². The maximum Gasteiger partial charge on any atom is 0.0799 e. The van der Waals surface area contributed by atoms with Crippen molar-refractivity contribution in [1.82, 2.24) is 9.97 Å². The summed E-state index contributed by atoms with van der Waals surface area (Å²) in [5.74, 6) is 0. The Hall–Kier alpha value is -1.74. The van der Waals surface area contributed by atoms with Gasteiger partial charge in [-0.05, 0) is 24.5 Å². The number of nitrogens with two attached hydrogens (primary N) is 1. The van der Waals surface area contributed by atoms with Crippen molar-refractivity contribution in [2.75, 3.05) is 0 Å². The molecule has 0 fully saturated rings. The summed E-state index contributed by atoms with van der Waals surface area (Å²) in [5, 5.41) is 0. The van der Waals surface area contributed by atoms with Crippen LogP contribution >= 0.6 is 0 Å². The summed E-state index contributed by atoms with van der Waals surface area (Å²) in [7, 11) is 0. The van der Waals surface area contributed by atoms with Crippen LogP contribution < -0.4 is 5.73 Å². The van der Waals surface area contributed by atoms with Gasteiger partial charge < -0.3 is 5.73 Å². The van der Waals surface area contributed by atoms with Crippen molar-refractivity contribution >= 4 is 0 Å². The minimum Gasteiger partial charge on any atom is -0.319 e. The Balaban J connectivity index is 2.23. The zero-order valence-corrected chi connectivity index (χ0v) is 10.2. The highest BCUT2D eigenvalue weighted by Crippen LogP contribution is 2.17. The lowest BCUT2D eigenvalue weighted by molar-refractivity contribution is 0.812. The van der Waals surface area contributed by atoms with Gasteiger partial charge in [-0.2, -0.15) is 0 Å². The SMILES string of the molecule is CCc1ccc(C(N)c2cnc(C)cn2)cc1. The largest absolute Gasteiger partial charge is 0.319 e. The molecule has 0 aliphatic carbocycles. The molecule has 3 nitrogen and oxygen atoms in total. The van der Waals surface area contributed by atoms with Gasteiger partial charge in [-0.25, -0.2) is 0 Å². The Kier molecular flexibility index (Phi) is 3.49. The molecule has 2 N–H and O–H groups in total. The Bertz CT molecular complexity index is 474. The highest BCUT2D eigenvalue weighted by atomic mass is 14.8. The summed E-state index contributed by atoms with van der Waals surface area (Å²) in [6.45, 7) is 4.05. The average molecular weight is 227 g/mol. The summed E-state index contributed by atoms with van der Waals surface area (Å²) >= 11 is 0. The van der Waals surface area contributed by atoms with Gasteiger partial charge in [0.1, 0.15) is 0 Å². The normalized spacial score (nSPS) is 12.4. The molecule has 17 heavy (non-hydrogen) atoms. The van der Waals surface area contributed by atoms with E-state index in [1.165, 1.54) is 5.56 Å². The molecule has 0 radical (unpaired) electrons. The van der Waals surface area contributed by atoms with E-state index in [1.807, 2.05) is 6.92 Å². The number of hydrogen-bond acceptors (Lipinski definition) is 3. The molecule has 0 amide bonds. The second-order valence-electron chi connectivity index (χ2n) is 4.16. The molecule has 0 bridgehead atoms. The average Bonchev–Trinajstić information content (AvgIpc) is 2.39. The zero-order valence-electron chi connectivity index (χ0n) is 10.2. The minimum absolute atomic E-state index is 0.200. The number of aryl methyl sites for hydroxylation is 2. The number of aromatic nitrogens is 2. The third kappa shape index (κ3) is 2.68. The van der Waals surface area contributed by atoms with Crippen LogP contribution in [0.5, 0.6) is 0 Å². The van der Waals surface area contributed by atoms with Gasteiger partial charge in [-0.15, -0.1) is 0 Å². The van der Waals surface area contributed by atoms with Crippen LogP contribution in [0.2, 0.25) is 0 Å². The Labute approximate surface area is 102 Å². The lowest BCUT2D eigenvalue weighted by Gasteiger charge is -2.11. The van der Waals surface area contributed by atoms with Crippen molar-refractivity contribution in [3.8, 4) is 0 Å². The summed E-state index contributed by atoms with van der Waals surface area (Å²) in [6.07, 6.45) is 4.53. The monoisotopic (exact) mass is 227 g/mol. The Morgan fingerprint density at radius 1 is 1.12 bits per heavy atom. The van der Waals surface area contributed by atoms with E-state index in [0.717, 1.165) is 23.4 Å². The maximum atomic E-state index is 6.16. The van der Waals surface area contributed by atoms with Crippen molar-refractivity contribution in [2.45, 2.75) is 26.3 Å². The summed E-state index contributed by atoms with van der Waals surface area (Å²) in [5.41, 5.74) is 10.3. The first-order chi connectivity index (χ1) is 8.20. The highest BCUT2D eigenvalue weighted by molar-refractivity contribution is 5.29. The first-order valence-electron chi connectivity index (χ1n) is 5.83. The Morgan fingerprint density at radius 2 is 1.82 bits per heavy atom. The van der Waals surface area contributed by atoms with Crippen LogP contribution in [0.3, 0.4) is 0 Å². The van der Waals surface area contributed by atoms with E-state index in [1.54, 1.807) is 12.4 Å². The van der Waals surface area contributed by atoms with Crippen molar-refractivity contribution in [1.29, 1.82) is 0 Å². The van der Waals surface area contributed by atoms with Crippen LogP contribution in [0, 0.1) is 6.92 Å². The Morgan fingerprint density at radius 3 is 2.35 bits per heavy atom. The first kappa shape index (κ1) is 11.7. The van der Waals surface area contributed by atoms with Gasteiger partial charge in [-0.1, -0.05) is 31.2 Å². The van der Waals surface area contributed by atoms with E-state index in [2.05, 4.69) is 41.2 Å². The molecule has 1 unspecified atom stereocenters. The van der Waals surface area contributed by atoms with Crippen LogP contribution in [0.15, 0.2) is 36.7 Å². The summed E-state index contributed by atoms with van der Waals surface area (Å²) < 4.78 is 0. The lowest BCUT2D eigenvalue weighted by atomic mass is 10.0. The van der Waals surface area contributed by atoms with Crippen LogP contribution in [0.25, 0.3) is 0 Å². The molecule has 0 saturated heterocycles. The predicted molar refractivity (Wildman–Crippen MR) is 68.6 cm³/mol. The molecule has 0 aliphatic heterocycles. The quantitative estimate of drug-likeness (QED) is 0.876. The second-order valence-corrected chi connectivity index (χ2v) is 4.16. The fourth-order valence-corrected chi connectivity index (χ4v) is 1.69. The molecule has 1 aromatic carbocycles. The topological polar surface area (TPSA) is 51.8 Å². The van der Waals surface area contributed by atoms with Crippen LogP contribution in [0.1, 0.15) is 35.5 Å². The molecule has 1 atom stereocenters. The predicted octanol–water partition coefficient (Wildman–Crippen LogP) is 2.40. The molecule has 2 rings (SSSR count). The van der Waals surface area contributed by atoms with Crippen molar-refractivity contribution in [3.63, 3.8) is 0 Å². The molecule has 88 valence electrons. The van der Waals surface area contributed by atoms with Crippen molar-refractivity contribution in [2.24, 2.45) is 5.73 Å². The van der Waals surface area contributed by atoms with Gasteiger partial charge in [0.15, 0.2) is 0 Å². The highest BCUT2D eigenvalue weighted by Gasteiger charge is 2.10. The van der Waals surface area contributed by atoms with Crippen LogP contribution in [-0.2, 0) is 6.42 Å². The van der Waals surface area contributed by atoms with Crippen molar-refractivity contribution < 1.29 is 0 Å². The molecular formula is C14H17N3. The van der Waals surface area contributed by atoms with Gasteiger partial charge in [-0.3, -0.25) is 9.97 Å². The summed E-state index contributed by atoms with van der Waals surface area (Å²) in [6, 6.07) is 8.14. The molecule has 3 heteroatoms. The number of rotatable bonds is 3. The first-order valence-corrected chi connectivity index (χ1v) is 5.83. The van der Waals surface area contributed by atoms with E-state index in [9.17, 15) is 0 Å². The number of nitrogens with zero attached hydrogens (tertiary/aromatic N) is 2. The minimum atomic E-state index is -0.200. The van der Waals surface area contributed by atoms with Gasteiger partial charge in [0.05, 0.1) is 23.6 Å². The molecule has 2 aromatic rings. The molecule has 1 aromatic heterocycles. The zero-order chi connectivity index (χ0) is 12.3. The number of benzene rings is 1. The van der Waals surface area contributed by atoms with Gasteiger partial charge >= 0.3 is 0 Å². The third-order valence-electron chi connectivity index (χ3n) is 2.87. The van der Waals surface area contributed by atoms with E-state index < -0.39 is 0 Å². The fourth-order valence-electron chi connectivity index (χ4n) is 1.69. The van der Waals surface area contributed by atoms with E-state index in [-0.39, 0.29) is 6.04 Å². The van der Waals surface area contributed by atoms with Gasteiger partial charge in [0.25, 0.3) is 0 Å². The molecular weight excluding hydrogens is 210 g/mol. The van der Waals surface area contributed by atoms with Gasteiger partial charge in [0.2, 0.25) is 0 Å². The van der Waals surface area contributed by atoms with Gasteiger partial charge in [0, 0.05) is 6.20 Å². The van der Waals surface area contributed by atoms with Crippen molar-refractivity contribution in [3.05, 3.63) is 59.2 Å². The smallest absolute Gasteiger partial charge is 0.0799 e. The van der Waals surface area contributed by atoms with Crippen LogP contribution in [0.4, 0.5) is 0 Å². The number of hydrogen-bond donors (Lipinski definition) is 1. The molecule has 0 spiro atoms. The fraction of sp³-hybridized carbons (Fsp3) is 0.286. The van der Waals surface area contributed by atoms with Crippen LogP contribution in [-0.4, -0.2) is 9.97 Å². The standard InChI is InChI=1S/C14H17N3/c1-3-11-4-6-12(7-5-11)14(15)13-9-16-10(2)8-17-13/h4-9,14H,3,15H2,1-2H3. The molecule has 0 saturated carbocycles. The second kappa shape index (κ2) is 5.06. The maximum absolute atomic E-state index is 6.16. The summed E-state index contributed by atoms with van der Waals surface area (Å²) in [4.78, 5) is 8.53.